The van der Waals surface area contributed by atoms with Crippen molar-refractivity contribution in [3.05, 3.63) is 64.7 Å². The van der Waals surface area contributed by atoms with Crippen LogP contribution in [-0.4, -0.2) is 53.9 Å². The molecule has 0 aromatic heterocycles. The molecule has 0 unspecified atom stereocenters. The number of carboxylic acids is 1. The fraction of sp³-hybridized carbons (Fsp3) is 0.562. The average Bonchev–Trinajstić information content (AvgIpc) is 2.93. The van der Waals surface area contributed by atoms with Gasteiger partial charge in [0.1, 0.15) is 0 Å². The highest BCUT2D eigenvalue weighted by molar-refractivity contribution is 5.91. The SMILES string of the molecule is Cc1ccccc1NC(=O)N(CCO[C@@H]1CCC[C@H](OCc2cccc(C)c2C(=O)O)C1)CC1CCCCC1. The Balaban J connectivity index is 1.29. The first-order valence-electron chi connectivity index (χ1n) is 14.6. The third-order valence-corrected chi connectivity index (χ3v) is 8.22. The lowest BCUT2D eigenvalue weighted by Crippen LogP contribution is -2.41. The van der Waals surface area contributed by atoms with Gasteiger partial charge in [0, 0.05) is 18.8 Å². The number of urea groups is 1. The summed E-state index contributed by atoms with van der Waals surface area (Å²) in [6.45, 7) is 5.92. The Bertz CT molecular complexity index is 1100. The molecule has 7 heteroatoms. The number of anilines is 1. The minimum absolute atomic E-state index is 0.0357. The highest BCUT2D eigenvalue weighted by atomic mass is 16.5. The van der Waals surface area contributed by atoms with Crippen LogP contribution in [0.15, 0.2) is 42.5 Å². The molecular formula is C32H44N2O5. The lowest BCUT2D eigenvalue weighted by atomic mass is 9.89. The molecule has 39 heavy (non-hydrogen) atoms. The molecule has 2 fully saturated rings. The van der Waals surface area contributed by atoms with Crippen molar-refractivity contribution in [1.82, 2.24) is 4.90 Å². The summed E-state index contributed by atoms with van der Waals surface area (Å²) in [5.41, 5.74) is 3.70. The van der Waals surface area contributed by atoms with Crippen LogP contribution in [-0.2, 0) is 16.1 Å². The van der Waals surface area contributed by atoms with Crippen molar-refractivity contribution in [1.29, 1.82) is 0 Å². The van der Waals surface area contributed by atoms with Gasteiger partial charge in [-0.3, -0.25) is 0 Å². The Morgan fingerprint density at radius 1 is 0.897 bits per heavy atom. The van der Waals surface area contributed by atoms with Gasteiger partial charge >= 0.3 is 12.0 Å². The number of benzene rings is 2. The lowest BCUT2D eigenvalue weighted by Gasteiger charge is -2.32. The summed E-state index contributed by atoms with van der Waals surface area (Å²) < 4.78 is 12.5. The smallest absolute Gasteiger partial charge is 0.336 e. The minimum Gasteiger partial charge on any atom is -0.478 e. The second-order valence-corrected chi connectivity index (χ2v) is 11.2. The van der Waals surface area contributed by atoms with Gasteiger partial charge in [-0.2, -0.15) is 0 Å². The highest BCUT2D eigenvalue weighted by Crippen LogP contribution is 2.27. The van der Waals surface area contributed by atoms with Crippen LogP contribution < -0.4 is 5.32 Å². The van der Waals surface area contributed by atoms with Gasteiger partial charge < -0.3 is 24.8 Å². The topological polar surface area (TPSA) is 88.1 Å². The van der Waals surface area contributed by atoms with Crippen molar-refractivity contribution in [2.24, 2.45) is 5.92 Å². The number of aromatic carboxylic acids is 1. The maximum absolute atomic E-state index is 13.3. The predicted molar refractivity (Wildman–Crippen MR) is 153 cm³/mol. The standard InChI is InChI=1S/C32H44N2O5/c1-23-10-6-7-17-29(23)33-32(37)34(21-25-12-4-3-5-13-25)18-19-38-27-15-9-16-28(20-27)39-22-26-14-8-11-24(2)30(26)31(35)36/h6-8,10-11,14,17,25,27-28H,3-5,9,12-13,15-16,18-22H2,1-2H3,(H,33,37)(H,35,36)/t27-,28+/m1/s1. The number of hydrogen-bond acceptors (Lipinski definition) is 4. The van der Waals surface area contributed by atoms with Crippen LogP contribution in [0.25, 0.3) is 0 Å². The molecule has 2 saturated carbocycles. The van der Waals surface area contributed by atoms with Gasteiger partial charge in [-0.05, 0) is 81.0 Å². The Morgan fingerprint density at radius 3 is 2.36 bits per heavy atom. The molecule has 0 heterocycles. The number of carboxylic acid groups (broad SMARTS) is 1. The second kappa shape index (κ2) is 14.5. The fourth-order valence-corrected chi connectivity index (χ4v) is 5.96. The number of nitrogens with zero attached hydrogens (tertiary/aromatic N) is 1. The summed E-state index contributed by atoms with van der Waals surface area (Å²) in [7, 11) is 0. The number of nitrogens with one attached hydrogen (secondary N) is 1. The lowest BCUT2D eigenvalue weighted by molar-refractivity contribution is -0.0526. The van der Waals surface area contributed by atoms with E-state index in [2.05, 4.69) is 5.32 Å². The molecule has 0 bridgehead atoms. The molecule has 2 aliphatic carbocycles. The maximum atomic E-state index is 13.3. The van der Waals surface area contributed by atoms with Crippen molar-refractivity contribution >= 4 is 17.7 Å². The molecule has 212 valence electrons. The molecule has 7 nitrogen and oxygen atoms in total. The predicted octanol–water partition coefficient (Wildman–Crippen LogP) is 6.96. The maximum Gasteiger partial charge on any atom is 0.336 e. The zero-order valence-corrected chi connectivity index (χ0v) is 23.5. The average molecular weight is 537 g/mol. The van der Waals surface area contributed by atoms with E-state index in [9.17, 15) is 14.7 Å². The van der Waals surface area contributed by atoms with Gasteiger partial charge in [-0.15, -0.1) is 0 Å². The first kappa shape index (κ1) is 29.1. The number of aryl methyl sites for hydroxylation is 2. The Hall–Kier alpha value is -2.90. The van der Waals surface area contributed by atoms with Crippen molar-refractivity contribution < 1.29 is 24.2 Å². The van der Waals surface area contributed by atoms with Crippen LogP contribution >= 0.6 is 0 Å². The Labute approximate surface area is 232 Å². The van der Waals surface area contributed by atoms with Crippen molar-refractivity contribution in [3.8, 4) is 0 Å². The van der Waals surface area contributed by atoms with Crippen LogP contribution in [0.1, 0.15) is 84.8 Å². The number of amides is 2. The molecule has 2 N–H and O–H groups in total. The van der Waals surface area contributed by atoms with E-state index in [-0.39, 0.29) is 24.8 Å². The van der Waals surface area contributed by atoms with Crippen LogP contribution in [0.3, 0.4) is 0 Å². The molecule has 2 aliphatic rings. The van der Waals surface area contributed by atoms with Gasteiger partial charge in [-0.1, -0.05) is 55.7 Å². The highest BCUT2D eigenvalue weighted by Gasteiger charge is 2.26. The first-order valence-corrected chi connectivity index (χ1v) is 14.6. The number of hydrogen-bond donors (Lipinski definition) is 2. The van der Waals surface area contributed by atoms with E-state index in [1.54, 1.807) is 0 Å². The van der Waals surface area contributed by atoms with Crippen LogP contribution in [0.4, 0.5) is 10.5 Å². The number of para-hydroxylation sites is 1. The molecule has 0 radical (unpaired) electrons. The van der Waals surface area contributed by atoms with E-state index in [1.807, 2.05) is 61.2 Å². The van der Waals surface area contributed by atoms with Gasteiger partial charge in [0.2, 0.25) is 0 Å². The van der Waals surface area contributed by atoms with E-state index in [0.29, 0.717) is 30.2 Å². The monoisotopic (exact) mass is 536 g/mol. The summed E-state index contributed by atoms with van der Waals surface area (Å²) in [5.74, 6) is -0.369. The Morgan fingerprint density at radius 2 is 1.62 bits per heavy atom. The second-order valence-electron chi connectivity index (χ2n) is 11.2. The number of rotatable bonds is 11. The van der Waals surface area contributed by atoms with Gasteiger partial charge in [-0.25, -0.2) is 9.59 Å². The van der Waals surface area contributed by atoms with Crippen molar-refractivity contribution in [3.63, 3.8) is 0 Å². The van der Waals surface area contributed by atoms with Gasteiger partial charge in [0.05, 0.1) is 31.0 Å². The van der Waals surface area contributed by atoms with Crippen molar-refractivity contribution in [2.75, 3.05) is 25.0 Å². The molecule has 4 rings (SSSR count). The summed E-state index contributed by atoms with van der Waals surface area (Å²) in [6.07, 6.45) is 9.97. The van der Waals surface area contributed by atoms with Gasteiger partial charge in [0.25, 0.3) is 0 Å². The zero-order chi connectivity index (χ0) is 27.6. The summed E-state index contributed by atoms with van der Waals surface area (Å²) in [6, 6.07) is 13.3. The molecule has 0 saturated heterocycles. The molecule has 2 aromatic carbocycles. The largest absolute Gasteiger partial charge is 0.478 e. The quantitative estimate of drug-likeness (QED) is 0.324. The van der Waals surface area contributed by atoms with Crippen LogP contribution in [0, 0.1) is 19.8 Å². The zero-order valence-electron chi connectivity index (χ0n) is 23.5. The third kappa shape index (κ3) is 8.54. The molecule has 0 aliphatic heterocycles. The molecule has 0 spiro atoms. The number of carbonyl (C=O) groups excluding carboxylic acids is 1. The summed E-state index contributed by atoms with van der Waals surface area (Å²) >= 11 is 0. The molecule has 2 amide bonds. The normalized spacial score (nSPS) is 19.9. The summed E-state index contributed by atoms with van der Waals surface area (Å²) in [5, 5.41) is 12.7. The fourth-order valence-electron chi connectivity index (χ4n) is 5.96. The Kier molecular flexibility index (Phi) is 10.8. The van der Waals surface area contributed by atoms with E-state index in [4.69, 9.17) is 9.47 Å². The van der Waals surface area contributed by atoms with E-state index >= 15 is 0 Å². The van der Waals surface area contributed by atoms with Crippen LogP contribution in [0.2, 0.25) is 0 Å². The molecule has 2 aromatic rings. The molecule has 2 atom stereocenters. The van der Waals surface area contributed by atoms with Gasteiger partial charge in [0.15, 0.2) is 0 Å². The van der Waals surface area contributed by atoms with E-state index in [0.717, 1.165) is 49.0 Å². The number of carbonyl (C=O) groups is 2. The van der Waals surface area contributed by atoms with E-state index in [1.165, 1.54) is 32.1 Å². The third-order valence-electron chi connectivity index (χ3n) is 8.22. The summed E-state index contributed by atoms with van der Waals surface area (Å²) in [4.78, 5) is 26.9. The molecular weight excluding hydrogens is 492 g/mol. The minimum atomic E-state index is -0.916. The first-order chi connectivity index (χ1) is 18.9. The van der Waals surface area contributed by atoms with E-state index < -0.39 is 5.97 Å². The number of ether oxygens (including phenoxy) is 2. The van der Waals surface area contributed by atoms with Crippen molar-refractivity contribution in [2.45, 2.75) is 90.4 Å². The van der Waals surface area contributed by atoms with Crippen LogP contribution in [0.5, 0.6) is 0 Å².